The van der Waals surface area contributed by atoms with E-state index in [1.807, 2.05) is 6.92 Å². The Hall–Kier alpha value is -0.110. The first-order valence-electron chi connectivity index (χ1n) is 6.82. The molecule has 5 nitrogen and oxygen atoms in total. The zero-order chi connectivity index (χ0) is 17.1. The van der Waals surface area contributed by atoms with Gasteiger partial charge in [0.05, 0.1) is 4.90 Å². The van der Waals surface area contributed by atoms with Gasteiger partial charge in [-0.05, 0) is 42.0 Å². The van der Waals surface area contributed by atoms with Gasteiger partial charge >= 0.3 is 35.5 Å². The summed E-state index contributed by atoms with van der Waals surface area (Å²) >= 11 is 6.12. The van der Waals surface area contributed by atoms with Crippen molar-refractivity contribution in [1.82, 2.24) is 0 Å². The molecule has 2 unspecified atom stereocenters. The summed E-state index contributed by atoms with van der Waals surface area (Å²) in [6.07, 6.45) is 0.754. The molecule has 0 radical (unpaired) electrons. The zero-order valence-corrected chi connectivity index (χ0v) is 17.6. The molecule has 0 aliphatic heterocycles. The Morgan fingerprint density at radius 1 is 1.26 bits per heavy atom. The van der Waals surface area contributed by atoms with Gasteiger partial charge in [-0.2, -0.15) is 0 Å². The van der Waals surface area contributed by atoms with Crippen LogP contribution >= 0.6 is 11.6 Å². The quantitative estimate of drug-likeness (QED) is 0.243. The van der Waals surface area contributed by atoms with E-state index in [-0.39, 0.29) is 51.5 Å². The van der Waals surface area contributed by atoms with Crippen LogP contribution in [0.4, 0.5) is 0 Å². The second-order valence-electron chi connectivity index (χ2n) is 6.49. The van der Waals surface area contributed by atoms with Gasteiger partial charge in [0, 0.05) is 0 Å². The van der Waals surface area contributed by atoms with Gasteiger partial charge in [-0.1, -0.05) is 27.7 Å². The second kappa shape index (κ2) is 8.83. The predicted octanol–water partition coefficient (Wildman–Crippen LogP) is 0.180. The van der Waals surface area contributed by atoms with Crippen LogP contribution in [0.5, 0.6) is 5.75 Å². The zero-order valence-electron chi connectivity index (χ0n) is 14.0. The SMILES string of the molecule is CC(CC(C)(C)C)C(Cl)C(=O)Oc1ccc(S(=O)(=O)[O-])cc1.[Na+]. The van der Waals surface area contributed by atoms with Gasteiger partial charge < -0.3 is 9.29 Å². The van der Waals surface area contributed by atoms with Crippen molar-refractivity contribution >= 4 is 27.7 Å². The summed E-state index contributed by atoms with van der Waals surface area (Å²) in [7, 11) is -4.51. The van der Waals surface area contributed by atoms with Crippen LogP contribution in [0.2, 0.25) is 0 Å². The molecule has 0 N–H and O–H groups in total. The molecule has 0 amide bonds. The first kappa shape index (κ1) is 22.9. The smallest absolute Gasteiger partial charge is 0.744 e. The van der Waals surface area contributed by atoms with Gasteiger partial charge in [0.1, 0.15) is 21.2 Å². The number of hydrogen-bond donors (Lipinski definition) is 0. The van der Waals surface area contributed by atoms with Gasteiger partial charge in [0.2, 0.25) is 0 Å². The second-order valence-corrected chi connectivity index (χ2v) is 8.34. The van der Waals surface area contributed by atoms with Crippen LogP contribution in [-0.4, -0.2) is 24.3 Å². The number of benzene rings is 1. The van der Waals surface area contributed by atoms with Crippen LogP contribution in [0.15, 0.2) is 29.2 Å². The molecule has 124 valence electrons. The third-order valence-electron chi connectivity index (χ3n) is 2.99. The van der Waals surface area contributed by atoms with Crippen molar-refractivity contribution in [2.45, 2.75) is 44.4 Å². The molecule has 8 heteroatoms. The van der Waals surface area contributed by atoms with E-state index in [1.165, 1.54) is 12.1 Å². The standard InChI is InChI=1S/C15H21ClO5S.Na/c1-10(9-15(2,3)4)13(16)14(17)21-11-5-7-12(8-6-11)22(18,19)20;/h5-8,10,13H,9H2,1-4H3,(H,18,19,20);/q;+1/p-1. The molecule has 0 saturated heterocycles. The average molecular weight is 371 g/mol. The van der Waals surface area contributed by atoms with Crippen LogP contribution in [0.3, 0.4) is 0 Å². The van der Waals surface area contributed by atoms with Crippen molar-refractivity contribution < 1.29 is 52.1 Å². The number of carbonyl (C=O) groups excluding carboxylic acids is 1. The van der Waals surface area contributed by atoms with Crippen LogP contribution < -0.4 is 34.3 Å². The molecule has 2 atom stereocenters. The van der Waals surface area contributed by atoms with Crippen molar-refractivity contribution in [3.05, 3.63) is 24.3 Å². The van der Waals surface area contributed by atoms with E-state index >= 15 is 0 Å². The molecule has 0 spiro atoms. The molecule has 1 aromatic rings. The van der Waals surface area contributed by atoms with Gasteiger partial charge in [-0.15, -0.1) is 11.6 Å². The molecule has 0 aliphatic rings. The van der Waals surface area contributed by atoms with Crippen molar-refractivity contribution in [2.24, 2.45) is 11.3 Å². The minimum atomic E-state index is -4.51. The Kier molecular flexibility index (Phi) is 8.79. The predicted molar refractivity (Wildman–Crippen MR) is 82.9 cm³/mol. The molecular weight excluding hydrogens is 351 g/mol. The van der Waals surface area contributed by atoms with Crippen LogP contribution in [0.25, 0.3) is 0 Å². The number of halogens is 1. The van der Waals surface area contributed by atoms with Crippen LogP contribution in [0.1, 0.15) is 34.1 Å². The Balaban J connectivity index is 0.00000484. The van der Waals surface area contributed by atoms with E-state index in [0.717, 1.165) is 18.6 Å². The van der Waals surface area contributed by atoms with E-state index < -0.39 is 21.5 Å². The maximum absolute atomic E-state index is 12.0. The molecule has 0 saturated carbocycles. The molecule has 1 rings (SSSR count). The fourth-order valence-corrected chi connectivity index (χ4v) is 2.75. The summed E-state index contributed by atoms with van der Waals surface area (Å²) < 4.78 is 37.5. The Morgan fingerprint density at radius 2 is 1.74 bits per heavy atom. The molecule has 0 aromatic heterocycles. The summed E-state index contributed by atoms with van der Waals surface area (Å²) in [6, 6.07) is 4.68. The maximum atomic E-state index is 12.0. The summed E-state index contributed by atoms with van der Waals surface area (Å²) in [4.78, 5) is 11.6. The third-order valence-corrected chi connectivity index (χ3v) is 4.45. The number of carbonyl (C=O) groups is 1. The van der Waals surface area contributed by atoms with E-state index in [4.69, 9.17) is 16.3 Å². The number of alkyl halides is 1. The topological polar surface area (TPSA) is 83.5 Å². The number of ether oxygens (including phenoxy) is 1. The Labute approximate surface area is 164 Å². The van der Waals surface area contributed by atoms with E-state index in [0.29, 0.717) is 0 Å². The van der Waals surface area contributed by atoms with Gasteiger partial charge in [0.15, 0.2) is 0 Å². The summed E-state index contributed by atoms with van der Waals surface area (Å²) in [5.41, 5.74) is 0.0387. The molecule has 0 bridgehead atoms. The maximum Gasteiger partial charge on any atom is 1.00 e. The summed E-state index contributed by atoms with van der Waals surface area (Å²) in [5, 5.41) is -0.804. The first-order chi connectivity index (χ1) is 9.90. The minimum absolute atomic E-state index is 0. The monoisotopic (exact) mass is 370 g/mol. The Bertz CT molecular complexity index is 622. The van der Waals surface area contributed by atoms with Crippen molar-refractivity contribution in [1.29, 1.82) is 0 Å². The fourth-order valence-electron chi connectivity index (χ4n) is 2.15. The first-order valence-corrected chi connectivity index (χ1v) is 8.66. The normalized spacial score (nSPS) is 14.5. The van der Waals surface area contributed by atoms with Crippen molar-refractivity contribution in [3.63, 3.8) is 0 Å². The van der Waals surface area contributed by atoms with E-state index in [1.54, 1.807) is 0 Å². The van der Waals surface area contributed by atoms with E-state index in [9.17, 15) is 17.8 Å². The van der Waals surface area contributed by atoms with Crippen molar-refractivity contribution in [3.8, 4) is 5.75 Å². The molecule has 0 fully saturated rings. The molecule has 0 heterocycles. The summed E-state index contributed by atoms with van der Waals surface area (Å²) in [5.74, 6) is -0.530. The Morgan fingerprint density at radius 3 is 2.13 bits per heavy atom. The van der Waals surface area contributed by atoms with Crippen molar-refractivity contribution in [2.75, 3.05) is 0 Å². The number of esters is 1. The van der Waals surface area contributed by atoms with Gasteiger partial charge in [0.25, 0.3) is 0 Å². The van der Waals surface area contributed by atoms with Crippen LogP contribution in [-0.2, 0) is 14.9 Å². The number of rotatable bonds is 5. The van der Waals surface area contributed by atoms with E-state index in [2.05, 4.69) is 20.8 Å². The summed E-state index contributed by atoms with van der Waals surface area (Å²) in [6.45, 7) is 8.04. The molecule has 23 heavy (non-hydrogen) atoms. The third kappa shape index (κ3) is 8.01. The average Bonchev–Trinajstić information content (AvgIpc) is 2.35. The molecule has 0 aliphatic carbocycles. The molecule has 1 aromatic carbocycles. The molecular formula is C15H20ClNaO5S. The minimum Gasteiger partial charge on any atom is -0.744 e. The van der Waals surface area contributed by atoms with Gasteiger partial charge in [-0.3, -0.25) is 4.79 Å². The fraction of sp³-hybridized carbons (Fsp3) is 0.533. The largest absolute Gasteiger partial charge is 1.00 e. The van der Waals surface area contributed by atoms with Crippen LogP contribution in [0, 0.1) is 11.3 Å². The number of hydrogen-bond acceptors (Lipinski definition) is 5. The van der Waals surface area contributed by atoms with Gasteiger partial charge in [-0.25, -0.2) is 8.42 Å².